The number of hydrogen-bond acceptors (Lipinski definition) is 4. The van der Waals surface area contributed by atoms with Crippen molar-refractivity contribution in [3.05, 3.63) is 74.8 Å². The summed E-state index contributed by atoms with van der Waals surface area (Å²) in [6.45, 7) is 0. The highest BCUT2D eigenvalue weighted by Crippen LogP contribution is 2.56. The molecule has 24 heavy (non-hydrogen) atoms. The monoisotopic (exact) mass is 342 g/mol. The van der Waals surface area contributed by atoms with E-state index < -0.39 is 4.92 Å². The number of benzene rings is 2. The van der Waals surface area contributed by atoms with E-state index in [1.54, 1.807) is 0 Å². The lowest BCUT2D eigenvalue weighted by Crippen LogP contribution is -2.29. The van der Waals surface area contributed by atoms with E-state index in [-0.39, 0.29) is 34.3 Å². The summed E-state index contributed by atoms with van der Waals surface area (Å²) in [5.74, 6) is -0.0480. The number of rotatable bonds is 2. The number of nitrogens with zero attached hydrogens (tertiary/aromatic N) is 1. The molecule has 0 amide bonds. The summed E-state index contributed by atoms with van der Waals surface area (Å²) < 4.78 is 0. The summed E-state index contributed by atoms with van der Waals surface area (Å²) >= 11 is 6.05. The average molecular weight is 343 g/mol. The molecule has 0 aromatic heterocycles. The van der Waals surface area contributed by atoms with Crippen LogP contribution >= 0.6 is 11.6 Å². The van der Waals surface area contributed by atoms with Crippen molar-refractivity contribution in [1.29, 1.82) is 0 Å². The van der Waals surface area contributed by atoms with Crippen molar-refractivity contribution in [2.45, 2.75) is 18.4 Å². The van der Waals surface area contributed by atoms with Crippen molar-refractivity contribution in [3.8, 4) is 5.75 Å². The zero-order valence-electron chi connectivity index (χ0n) is 12.6. The Kier molecular flexibility index (Phi) is 3.46. The van der Waals surface area contributed by atoms with Crippen molar-refractivity contribution in [2.75, 3.05) is 5.32 Å². The van der Waals surface area contributed by atoms with Gasteiger partial charge in [-0.25, -0.2) is 0 Å². The van der Waals surface area contributed by atoms with Gasteiger partial charge >= 0.3 is 0 Å². The normalized spacial score (nSPS) is 24.1. The van der Waals surface area contributed by atoms with Crippen molar-refractivity contribution >= 4 is 23.0 Å². The number of nitro groups is 1. The van der Waals surface area contributed by atoms with Crippen LogP contribution in [-0.2, 0) is 0 Å². The molecule has 3 atom stereocenters. The third-order valence-corrected chi connectivity index (χ3v) is 5.17. The SMILES string of the molecule is O=[N+]([O-])c1c(Cl)cc(O)c2c1[C@H]1C=CC[C@@H]1[C@H](c1ccccc1)N2. The molecule has 2 aliphatic rings. The van der Waals surface area contributed by atoms with Crippen molar-refractivity contribution in [1.82, 2.24) is 0 Å². The van der Waals surface area contributed by atoms with Crippen molar-refractivity contribution < 1.29 is 10.0 Å². The second-order valence-corrected chi connectivity index (χ2v) is 6.57. The molecule has 0 bridgehead atoms. The molecule has 6 heteroatoms. The second-order valence-electron chi connectivity index (χ2n) is 6.16. The molecular weight excluding hydrogens is 328 g/mol. The molecule has 2 aromatic carbocycles. The van der Waals surface area contributed by atoms with Gasteiger partial charge < -0.3 is 10.4 Å². The van der Waals surface area contributed by atoms with E-state index in [2.05, 4.69) is 5.32 Å². The van der Waals surface area contributed by atoms with Crippen LogP contribution in [0.3, 0.4) is 0 Å². The van der Waals surface area contributed by atoms with Gasteiger partial charge in [-0.15, -0.1) is 0 Å². The van der Waals surface area contributed by atoms with Gasteiger partial charge in [-0.1, -0.05) is 54.1 Å². The Morgan fingerprint density at radius 1 is 1.29 bits per heavy atom. The van der Waals surface area contributed by atoms with Gasteiger partial charge in [0.05, 0.1) is 22.2 Å². The molecular formula is C18H15ClN2O3. The van der Waals surface area contributed by atoms with Crippen LogP contribution in [0.5, 0.6) is 5.75 Å². The molecule has 2 N–H and O–H groups in total. The summed E-state index contributed by atoms with van der Waals surface area (Å²) in [5, 5.41) is 25.2. The fourth-order valence-corrected chi connectivity index (χ4v) is 4.16. The van der Waals surface area contributed by atoms with Gasteiger partial charge in [0, 0.05) is 12.0 Å². The number of hydrogen-bond donors (Lipinski definition) is 2. The summed E-state index contributed by atoms with van der Waals surface area (Å²) in [4.78, 5) is 11.1. The number of aromatic hydroxyl groups is 1. The fraction of sp³-hybridized carbons (Fsp3) is 0.222. The lowest BCUT2D eigenvalue weighted by atomic mass is 9.76. The first-order valence-corrected chi connectivity index (χ1v) is 8.13. The van der Waals surface area contributed by atoms with E-state index in [1.807, 2.05) is 42.5 Å². The third-order valence-electron chi connectivity index (χ3n) is 4.89. The maximum atomic E-state index is 11.5. The van der Waals surface area contributed by atoms with Gasteiger partial charge in [0.2, 0.25) is 0 Å². The van der Waals surface area contributed by atoms with Gasteiger partial charge in [-0.2, -0.15) is 0 Å². The summed E-state index contributed by atoms with van der Waals surface area (Å²) in [6.07, 6.45) is 4.86. The highest BCUT2D eigenvalue weighted by atomic mass is 35.5. The summed E-state index contributed by atoms with van der Waals surface area (Å²) in [6, 6.07) is 11.2. The maximum absolute atomic E-state index is 11.5. The molecule has 1 aliphatic heterocycles. The minimum absolute atomic E-state index is 0.0228. The van der Waals surface area contributed by atoms with Gasteiger partial charge in [0.1, 0.15) is 10.8 Å². The molecule has 1 heterocycles. The number of anilines is 1. The second kappa shape index (κ2) is 5.53. The predicted octanol–water partition coefficient (Wildman–Crippen LogP) is 4.78. The number of halogens is 1. The standard InChI is InChI=1S/C18H15ClN2O3/c19-13-9-14(22)17-15(18(13)21(23)24)11-7-4-8-12(11)16(20-17)10-5-2-1-3-6-10/h1-7,9,11-12,16,20,22H,8H2/t11-,12-,16-/m0/s1. The highest BCUT2D eigenvalue weighted by molar-refractivity contribution is 6.33. The number of nitro benzene ring substituents is 1. The minimum atomic E-state index is -0.464. The third kappa shape index (κ3) is 2.16. The molecule has 0 saturated heterocycles. The molecule has 0 fully saturated rings. The molecule has 0 radical (unpaired) electrons. The van der Waals surface area contributed by atoms with E-state index in [1.165, 1.54) is 6.07 Å². The Hall–Kier alpha value is -2.53. The lowest BCUT2D eigenvalue weighted by molar-refractivity contribution is -0.385. The summed E-state index contributed by atoms with van der Waals surface area (Å²) in [5.41, 5.74) is 1.87. The van der Waals surface area contributed by atoms with Crippen LogP contribution in [0, 0.1) is 16.0 Å². The number of phenols is 1. The molecule has 2 aromatic rings. The lowest BCUT2D eigenvalue weighted by Gasteiger charge is -2.37. The quantitative estimate of drug-likeness (QED) is 0.356. The predicted molar refractivity (Wildman–Crippen MR) is 92.6 cm³/mol. The minimum Gasteiger partial charge on any atom is -0.506 e. The highest BCUT2D eigenvalue weighted by Gasteiger charge is 2.43. The van der Waals surface area contributed by atoms with Gasteiger partial charge in [0.25, 0.3) is 5.69 Å². The van der Waals surface area contributed by atoms with E-state index >= 15 is 0 Å². The first-order valence-electron chi connectivity index (χ1n) is 7.76. The molecule has 122 valence electrons. The fourth-order valence-electron chi connectivity index (χ4n) is 3.89. The van der Waals surface area contributed by atoms with Gasteiger partial charge in [-0.05, 0) is 17.9 Å². The maximum Gasteiger partial charge on any atom is 0.293 e. The van der Waals surface area contributed by atoms with Crippen LogP contribution in [0.25, 0.3) is 0 Å². The van der Waals surface area contributed by atoms with Crippen LogP contribution in [0.15, 0.2) is 48.6 Å². The molecule has 4 rings (SSSR count). The molecule has 0 unspecified atom stereocenters. The van der Waals surface area contributed by atoms with E-state index in [0.29, 0.717) is 11.3 Å². The first-order chi connectivity index (χ1) is 11.6. The molecule has 1 aliphatic carbocycles. The molecule has 0 spiro atoms. The van der Waals surface area contributed by atoms with Gasteiger partial charge in [0.15, 0.2) is 0 Å². The van der Waals surface area contributed by atoms with Crippen LogP contribution < -0.4 is 5.32 Å². The topological polar surface area (TPSA) is 75.4 Å². The Balaban J connectivity index is 1.92. The Morgan fingerprint density at radius 3 is 2.75 bits per heavy atom. The zero-order chi connectivity index (χ0) is 16.8. The van der Waals surface area contributed by atoms with Crippen LogP contribution in [-0.4, -0.2) is 10.0 Å². The van der Waals surface area contributed by atoms with Gasteiger partial charge in [-0.3, -0.25) is 10.1 Å². The number of nitrogens with one attached hydrogen (secondary N) is 1. The van der Waals surface area contributed by atoms with Crippen LogP contribution in [0.2, 0.25) is 5.02 Å². The van der Waals surface area contributed by atoms with Crippen LogP contribution in [0.4, 0.5) is 11.4 Å². The van der Waals surface area contributed by atoms with Crippen molar-refractivity contribution in [3.63, 3.8) is 0 Å². The number of allylic oxidation sites excluding steroid dienone is 2. The number of phenolic OH excluding ortho intramolecular Hbond substituents is 1. The molecule has 5 nitrogen and oxygen atoms in total. The largest absolute Gasteiger partial charge is 0.506 e. The van der Waals surface area contributed by atoms with E-state index in [0.717, 1.165) is 12.0 Å². The van der Waals surface area contributed by atoms with Crippen LogP contribution in [0.1, 0.15) is 29.5 Å². The van der Waals surface area contributed by atoms with E-state index in [9.17, 15) is 15.2 Å². The van der Waals surface area contributed by atoms with Crippen molar-refractivity contribution in [2.24, 2.45) is 5.92 Å². The average Bonchev–Trinajstić information content (AvgIpc) is 3.04. The number of fused-ring (bicyclic) bond motifs is 3. The van der Waals surface area contributed by atoms with E-state index in [4.69, 9.17) is 11.6 Å². The Bertz CT molecular complexity index is 851. The first kappa shape index (κ1) is 15.0. The summed E-state index contributed by atoms with van der Waals surface area (Å²) in [7, 11) is 0. The Morgan fingerprint density at radius 2 is 2.04 bits per heavy atom. The smallest absolute Gasteiger partial charge is 0.293 e. The Labute approximate surface area is 143 Å². The molecule has 0 saturated carbocycles. The zero-order valence-corrected chi connectivity index (χ0v) is 13.4.